The van der Waals surface area contributed by atoms with Crippen LogP contribution in [0.3, 0.4) is 0 Å². The predicted molar refractivity (Wildman–Crippen MR) is 88.5 cm³/mol. The number of rotatable bonds is 6. The standard InChI is InChI=1S/C17H16N2O3S/c1-3-15(17(20)21)23-16-12(10-18)7-8-14(19-16)11-5-4-6-13(9-11)22-2/h4-9,15H,3H2,1-2H3,(H,20,21). The van der Waals surface area contributed by atoms with Gasteiger partial charge in [-0.05, 0) is 30.7 Å². The number of ether oxygens (including phenoxy) is 1. The van der Waals surface area contributed by atoms with E-state index < -0.39 is 11.2 Å². The van der Waals surface area contributed by atoms with E-state index in [1.54, 1.807) is 26.2 Å². The Hall–Kier alpha value is -2.52. The van der Waals surface area contributed by atoms with Crippen LogP contribution in [0.5, 0.6) is 5.75 Å². The highest BCUT2D eigenvalue weighted by Crippen LogP contribution is 2.30. The number of hydrogen-bond donors (Lipinski definition) is 1. The molecular weight excluding hydrogens is 312 g/mol. The molecule has 2 aromatic rings. The molecule has 1 heterocycles. The van der Waals surface area contributed by atoms with Crippen molar-refractivity contribution in [3.05, 3.63) is 42.0 Å². The SMILES string of the molecule is CCC(Sc1nc(-c2cccc(OC)c2)ccc1C#N)C(=O)O. The van der Waals surface area contributed by atoms with Crippen LogP contribution in [0.15, 0.2) is 41.4 Å². The predicted octanol–water partition coefficient (Wildman–Crippen LogP) is 3.58. The fourth-order valence-corrected chi connectivity index (χ4v) is 2.93. The molecule has 2 rings (SSSR count). The van der Waals surface area contributed by atoms with Crippen molar-refractivity contribution in [1.29, 1.82) is 5.26 Å². The zero-order chi connectivity index (χ0) is 16.8. The fourth-order valence-electron chi connectivity index (χ4n) is 2.00. The molecule has 0 aliphatic carbocycles. The number of pyridine rings is 1. The van der Waals surface area contributed by atoms with E-state index in [1.807, 2.05) is 24.3 Å². The zero-order valence-electron chi connectivity index (χ0n) is 12.8. The van der Waals surface area contributed by atoms with Crippen LogP contribution >= 0.6 is 11.8 Å². The number of carboxylic acids is 1. The molecule has 118 valence electrons. The van der Waals surface area contributed by atoms with Crippen LogP contribution in [0.4, 0.5) is 0 Å². The van der Waals surface area contributed by atoms with Crippen molar-refractivity contribution < 1.29 is 14.6 Å². The normalized spacial score (nSPS) is 11.5. The number of nitrogens with zero attached hydrogens (tertiary/aromatic N) is 2. The number of carboxylic acid groups (broad SMARTS) is 1. The minimum absolute atomic E-state index is 0.376. The second-order valence-electron chi connectivity index (χ2n) is 4.75. The van der Waals surface area contributed by atoms with Gasteiger partial charge in [-0.2, -0.15) is 5.26 Å². The van der Waals surface area contributed by atoms with E-state index >= 15 is 0 Å². The molecule has 23 heavy (non-hydrogen) atoms. The number of thioether (sulfide) groups is 1. The van der Waals surface area contributed by atoms with Gasteiger partial charge >= 0.3 is 5.97 Å². The molecule has 0 saturated carbocycles. The van der Waals surface area contributed by atoms with Gasteiger partial charge in [-0.1, -0.05) is 30.8 Å². The van der Waals surface area contributed by atoms with Gasteiger partial charge in [0.15, 0.2) is 0 Å². The summed E-state index contributed by atoms with van der Waals surface area (Å²) in [6.45, 7) is 1.80. The lowest BCUT2D eigenvalue weighted by molar-refractivity contribution is -0.136. The summed E-state index contributed by atoms with van der Waals surface area (Å²) in [6.07, 6.45) is 0.454. The van der Waals surface area contributed by atoms with Crippen LogP contribution in [0.1, 0.15) is 18.9 Å². The summed E-state index contributed by atoms with van der Waals surface area (Å²) in [5.41, 5.74) is 1.89. The maximum absolute atomic E-state index is 11.2. The van der Waals surface area contributed by atoms with E-state index in [0.29, 0.717) is 28.5 Å². The Morgan fingerprint density at radius 1 is 1.43 bits per heavy atom. The van der Waals surface area contributed by atoms with E-state index in [9.17, 15) is 15.2 Å². The lowest BCUT2D eigenvalue weighted by atomic mass is 10.1. The molecule has 0 spiro atoms. The molecule has 0 aliphatic heterocycles. The van der Waals surface area contributed by atoms with Gasteiger partial charge in [-0.15, -0.1) is 0 Å². The summed E-state index contributed by atoms with van der Waals surface area (Å²) >= 11 is 1.10. The smallest absolute Gasteiger partial charge is 0.317 e. The topological polar surface area (TPSA) is 83.2 Å². The molecular formula is C17H16N2O3S. The molecule has 1 aromatic heterocycles. The van der Waals surface area contributed by atoms with Gasteiger partial charge < -0.3 is 9.84 Å². The Labute approximate surface area is 138 Å². The van der Waals surface area contributed by atoms with Gasteiger partial charge in [-0.25, -0.2) is 4.98 Å². The molecule has 0 amide bonds. The van der Waals surface area contributed by atoms with Gasteiger partial charge in [-0.3, -0.25) is 4.79 Å². The van der Waals surface area contributed by atoms with Crippen molar-refractivity contribution in [2.45, 2.75) is 23.6 Å². The molecule has 5 nitrogen and oxygen atoms in total. The van der Waals surface area contributed by atoms with E-state index in [4.69, 9.17) is 4.74 Å². The van der Waals surface area contributed by atoms with E-state index in [0.717, 1.165) is 17.3 Å². The molecule has 0 fully saturated rings. The van der Waals surface area contributed by atoms with E-state index in [2.05, 4.69) is 11.1 Å². The van der Waals surface area contributed by atoms with Gasteiger partial charge in [0.05, 0.1) is 18.4 Å². The number of carbonyl (C=O) groups is 1. The molecule has 0 radical (unpaired) electrons. The largest absolute Gasteiger partial charge is 0.497 e. The number of aromatic nitrogens is 1. The molecule has 1 aromatic carbocycles. The monoisotopic (exact) mass is 328 g/mol. The van der Waals surface area contributed by atoms with Crippen LogP contribution in [-0.4, -0.2) is 28.4 Å². The maximum Gasteiger partial charge on any atom is 0.317 e. The fraction of sp³-hybridized carbons (Fsp3) is 0.235. The zero-order valence-corrected chi connectivity index (χ0v) is 13.6. The van der Waals surface area contributed by atoms with Crippen molar-refractivity contribution in [3.8, 4) is 23.1 Å². The molecule has 6 heteroatoms. The van der Waals surface area contributed by atoms with Gasteiger partial charge in [0.1, 0.15) is 22.1 Å². The molecule has 0 saturated heterocycles. The first-order valence-corrected chi connectivity index (χ1v) is 7.92. The average molecular weight is 328 g/mol. The number of benzene rings is 1. The van der Waals surface area contributed by atoms with Crippen LogP contribution in [0.25, 0.3) is 11.3 Å². The second kappa shape index (κ2) is 7.65. The van der Waals surface area contributed by atoms with Gasteiger partial charge in [0, 0.05) is 5.56 Å². The Morgan fingerprint density at radius 3 is 2.83 bits per heavy atom. The third kappa shape index (κ3) is 4.02. The maximum atomic E-state index is 11.2. The van der Waals surface area contributed by atoms with Crippen molar-refractivity contribution in [3.63, 3.8) is 0 Å². The summed E-state index contributed by atoms with van der Waals surface area (Å²) < 4.78 is 5.20. The highest BCUT2D eigenvalue weighted by atomic mass is 32.2. The number of nitriles is 1. The number of methoxy groups -OCH3 is 1. The quantitative estimate of drug-likeness (QED) is 0.816. The average Bonchev–Trinajstić information content (AvgIpc) is 2.59. The first-order valence-electron chi connectivity index (χ1n) is 7.04. The molecule has 0 aliphatic rings. The summed E-state index contributed by atoms with van der Waals surface area (Å²) in [7, 11) is 1.59. The number of hydrogen-bond acceptors (Lipinski definition) is 5. The second-order valence-corrected chi connectivity index (χ2v) is 5.94. The number of aliphatic carboxylic acids is 1. The lowest BCUT2D eigenvalue weighted by Gasteiger charge is -2.11. The van der Waals surface area contributed by atoms with Crippen LogP contribution in [0.2, 0.25) is 0 Å². The van der Waals surface area contributed by atoms with Gasteiger partial charge in [0.2, 0.25) is 0 Å². The highest BCUT2D eigenvalue weighted by molar-refractivity contribution is 8.00. The van der Waals surface area contributed by atoms with Crippen LogP contribution < -0.4 is 4.74 Å². The first kappa shape index (κ1) is 16.8. The summed E-state index contributed by atoms with van der Waals surface area (Å²) in [4.78, 5) is 15.7. The van der Waals surface area contributed by atoms with Crippen molar-refractivity contribution in [1.82, 2.24) is 4.98 Å². The lowest BCUT2D eigenvalue weighted by Crippen LogP contribution is -2.15. The van der Waals surface area contributed by atoms with Gasteiger partial charge in [0.25, 0.3) is 0 Å². The molecule has 1 atom stereocenters. The molecule has 1 unspecified atom stereocenters. The Bertz CT molecular complexity index is 756. The summed E-state index contributed by atoms with van der Waals surface area (Å²) in [5, 5.41) is 18.2. The Balaban J connectivity index is 2.42. The Morgan fingerprint density at radius 2 is 2.22 bits per heavy atom. The third-order valence-corrected chi connectivity index (χ3v) is 4.60. The summed E-state index contributed by atoms with van der Waals surface area (Å²) in [6, 6.07) is 12.9. The van der Waals surface area contributed by atoms with Crippen LogP contribution in [0, 0.1) is 11.3 Å². The van der Waals surface area contributed by atoms with Crippen LogP contribution in [-0.2, 0) is 4.79 Å². The third-order valence-electron chi connectivity index (χ3n) is 3.25. The van der Waals surface area contributed by atoms with E-state index in [-0.39, 0.29) is 0 Å². The molecule has 0 bridgehead atoms. The van der Waals surface area contributed by atoms with E-state index in [1.165, 1.54) is 0 Å². The van der Waals surface area contributed by atoms with Crippen molar-refractivity contribution in [2.24, 2.45) is 0 Å². The first-order chi connectivity index (χ1) is 11.1. The van der Waals surface area contributed by atoms with Crippen molar-refractivity contribution in [2.75, 3.05) is 7.11 Å². The minimum Gasteiger partial charge on any atom is -0.497 e. The highest BCUT2D eigenvalue weighted by Gasteiger charge is 2.20. The molecule has 1 N–H and O–H groups in total. The van der Waals surface area contributed by atoms with Crippen molar-refractivity contribution >= 4 is 17.7 Å². The summed E-state index contributed by atoms with van der Waals surface area (Å²) in [5.74, 6) is -0.199. The Kier molecular flexibility index (Phi) is 5.61. The minimum atomic E-state index is -0.907.